The Labute approximate surface area is 108 Å². The first-order valence-electron chi connectivity index (χ1n) is 5.85. The van der Waals surface area contributed by atoms with E-state index < -0.39 is 0 Å². The molecule has 1 aromatic rings. The average molecular weight is 252 g/mol. The van der Waals surface area contributed by atoms with E-state index in [9.17, 15) is 4.79 Å². The van der Waals surface area contributed by atoms with Crippen LogP contribution in [0.1, 0.15) is 30.4 Å². The molecule has 0 aliphatic rings. The number of carbonyl (C=O) groups excluding carboxylic acids is 1. The Hall–Kier alpha value is -1.55. The zero-order chi connectivity index (χ0) is 13.5. The van der Waals surface area contributed by atoms with Gasteiger partial charge in [0.2, 0.25) is 0 Å². The largest absolute Gasteiger partial charge is 0.496 e. The van der Waals surface area contributed by atoms with Crippen LogP contribution < -0.4 is 9.47 Å². The number of ether oxygens (including phenoxy) is 3. The third-order valence-electron chi connectivity index (χ3n) is 2.90. The lowest BCUT2D eigenvalue weighted by atomic mass is 9.94. The summed E-state index contributed by atoms with van der Waals surface area (Å²) >= 11 is 0. The Kier molecular flexibility index (Phi) is 5.65. The van der Waals surface area contributed by atoms with Gasteiger partial charge < -0.3 is 19.0 Å². The fourth-order valence-corrected chi connectivity index (χ4v) is 2.04. The normalized spacial score (nSPS) is 12.0. The van der Waals surface area contributed by atoms with Gasteiger partial charge in [-0.1, -0.05) is 6.92 Å². The summed E-state index contributed by atoms with van der Waals surface area (Å²) in [5.74, 6) is 1.52. The minimum absolute atomic E-state index is 0.0456. The molecular formula is C14H20O4. The first kappa shape index (κ1) is 14.5. The maximum absolute atomic E-state index is 10.7. The van der Waals surface area contributed by atoms with Gasteiger partial charge in [0.25, 0.3) is 0 Å². The van der Waals surface area contributed by atoms with E-state index >= 15 is 0 Å². The van der Waals surface area contributed by atoms with Gasteiger partial charge in [-0.2, -0.15) is 0 Å². The second kappa shape index (κ2) is 7.01. The second-order valence-electron chi connectivity index (χ2n) is 4.11. The van der Waals surface area contributed by atoms with E-state index in [1.807, 2.05) is 19.1 Å². The molecular weight excluding hydrogens is 232 g/mol. The highest BCUT2D eigenvalue weighted by Crippen LogP contribution is 2.39. The van der Waals surface area contributed by atoms with Crippen LogP contribution in [-0.2, 0) is 16.1 Å². The topological polar surface area (TPSA) is 44.8 Å². The van der Waals surface area contributed by atoms with Crippen molar-refractivity contribution in [3.05, 3.63) is 23.3 Å². The van der Waals surface area contributed by atoms with Gasteiger partial charge in [0.05, 0.1) is 20.8 Å². The lowest BCUT2D eigenvalue weighted by Crippen LogP contribution is -2.05. The van der Waals surface area contributed by atoms with Crippen LogP contribution >= 0.6 is 0 Å². The van der Waals surface area contributed by atoms with Gasteiger partial charge in [0.15, 0.2) is 0 Å². The number of benzene rings is 1. The van der Waals surface area contributed by atoms with E-state index in [4.69, 9.17) is 14.2 Å². The molecule has 0 aromatic heterocycles. The lowest BCUT2D eigenvalue weighted by Gasteiger charge is -2.20. The van der Waals surface area contributed by atoms with E-state index in [0.29, 0.717) is 13.0 Å². The molecule has 0 saturated carbocycles. The van der Waals surface area contributed by atoms with Gasteiger partial charge in [-0.05, 0) is 18.1 Å². The van der Waals surface area contributed by atoms with Gasteiger partial charge in [-0.3, -0.25) is 0 Å². The van der Waals surface area contributed by atoms with Crippen molar-refractivity contribution >= 4 is 6.29 Å². The van der Waals surface area contributed by atoms with E-state index in [-0.39, 0.29) is 5.92 Å². The average Bonchev–Trinajstić information content (AvgIpc) is 2.38. The third kappa shape index (κ3) is 3.01. The van der Waals surface area contributed by atoms with E-state index in [0.717, 1.165) is 28.9 Å². The zero-order valence-corrected chi connectivity index (χ0v) is 11.4. The summed E-state index contributed by atoms with van der Waals surface area (Å²) in [5, 5.41) is 0. The highest BCUT2D eigenvalue weighted by atomic mass is 16.5. The molecule has 0 saturated heterocycles. The van der Waals surface area contributed by atoms with Crippen molar-refractivity contribution in [1.82, 2.24) is 0 Å². The summed E-state index contributed by atoms with van der Waals surface area (Å²) in [6.45, 7) is 2.44. The van der Waals surface area contributed by atoms with Crippen LogP contribution in [0.2, 0.25) is 0 Å². The van der Waals surface area contributed by atoms with Gasteiger partial charge >= 0.3 is 0 Å². The van der Waals surface area contributed by atoms with Crippen molar-refractivity contribution in [1.29, 1.82) is 0 Å². The number of aldehydes is 1. The summed E-state index contributed by atoms with van der Waals surface area (Å²) in [5.41, 5.74) is 1.87. The van der Waals surface area contributed by atoms with Crippen molar-refractivity contribution in [3.63, 3.8) is 0 Å². The summed E-state index contributed by atoms with van der Waals surface area (Å²) in [7, 11) is 4.87. The van der Waals surface area contributed by atoms with Crippen molar-refractivity contribution in [2.75, 3.05) is 21.3 Å². The molecule has 4 heteroatoms. The van der Waals surface area contributed by atoms with Crippen LogP contribution in [0.5, 0.6) is 11.5 Å². The molecule has 0 amide bonds. The lowest BCUT2D eigenvalue weighted by molar-refractivity contribution is -0.108. The fourth-order valence-electron chi connectivity index (χ4n) is 2.04. The monoisotopic (exact) mass is 252 g/mol. The molecule has 0 heterocycles. The number of methoxy groups -OCH3 is 3. The molecule has 1 aromatic carbocycles. The molecule has 18 heavy (non-hydrogen) atoms. The zero-order valence-electron chi connectivity index (χ0n) is 11.4. The highest BCUT2D eigenvalue weighted by molar-refractivity contribution is 5.57. The molecule has 1 unspecified atom stereocenters. The molecule has 100 valence electrons. The predicted octanol–water partition coefficient (Wildman–Crippen LogP) is 2.54. The van der Waals surface area contributed by atoms with Crippen LogP contribution in [0.3, 0.4) is 0 Å². The van der Waals surface area contributed by atoms with Gasteiger partial charge in [-0.15, -0.1) is 0 Å². The minimum atomic E-state index is 0.0456. The number of hydrogen-bond donors (Lipinski definition) is 0. The number of hydrogen-bond acceptors (Lipinski definition) is 4. The quantitative estimate of drug-likeness (QED) is 0.699. The van der Waals surface area contributed by atoms with Crippen LogP contribution in [0.15, 0.2) is 12.1 Å². The smallest absolute Gasteiger partial charge is 0.131 e. The Morgan fingerprint density at radius 3 is 2.44 bits per heavy atom. The molecule has 1 rings (SSSR count). The molecule has 1 atom stereocenters. The summed E-state index contributed by atoms with van der Waals surface area (Å²) < 4.78 is 16.0. The van der Waals surface area contributed by atoms with Crippen LogP contribution in [0.25, 0.3) is 0 Å². The maximum Gasteiger partial charge on any atom is 0.131 e. The van der Waals surface area contributed by atoms with Gasteiger partial charge in [0.1, 0.15) is 17.8 Å². The minimum Gasteiger partial charge on any atom is -0.496 e. The predicted molar refractivity (Wildman–Crippen MR) is 69.4 cm³/mol. The fraction of sp³-hybridized carbons (Fsp3) is 0.500. The SMILES string of the molecule is COCc1ccc(OC)c(C(C)CC=O)c1OC. The van der Waals surface area contributed by atoms with E-state index in [1.165, 1.54) is 0 Å². The summed E-state index contributed by atoms with van der Waals surface area (Å²) in [6.07, 6.45) is 1.34. The van der Waals surface area contributed by atoms with Crippen molar-refractivity contribution in [3.8, 4) is 11.5 Å². The maximum atomic E-state index is 10.7. The molecule has 0 spiro atoms. The molecule has 0 radical (unpaired) electrons. The second-order valence-corrected chi connectivity index (χ2v) is 4.11. The van der Waals surface area contributed by atoms with Crippen molar-refractivity contribution in [2.24, 2.45) is 0 Å². The number of rotatable bonds is 7. The van der Waals surface area contributed by atoms with Crippen LogP contribution in [0.4, 0.5) is 0 Å². The van der Waals surface area contributed by atoms with Crippen molar-refractivity contribution in [2.45, 2.75) is 25.9 Å². The van der Waals surface area contributed by atoms with Crippen molar-refractivity contribution < 1.29 is 19.0 Å². The molecule has 0 bridgehead atoms. The summed E-state index contributed by atoms with van der Waals surface area (Å²) in [4.78, 5) is 10.7. The Bertz CT molecular complexity index is 401. The van der Waals surface area contributed by atoms with Crippen LogP contribution in [-0.4, -0.2) is 27.6 Å². The molecule has 0 fully saturated rings. The van der Waals surface area contributed by atoms with Gasteiger partial charge in [0, 0.05) is 24.7 Å². The van der Waals surface area contributed by atoms with Gasteiger partial charge in [-0.25, -0.2) is 0 Å². The van der Waals surface area contributed by atoms with E-state index in [2.05, 4.69) is 0 Å². The third-order valence-corrected chi connectivity index (χ3v) is 2.90. The molecule has 0 aliphatic carbocycles. The van der Waals surface area contributed by atoms with E-state index in [1.54, 1.807) is 21.3 Å². The molecule has 0 aliphatic heterocycles. The molecule has 4 nitrogen and oxygen atoms in total. The Morgan fingerprint density at radius 2 is 1.94 bits per heavy atom. The summed E-state index contributed by atoms with van der Waals surface area (Å²) in [6, 6.07) is 3.80. The molecule has 0 N–H and O–H groups in total. The Balaban J connectivity index is 3.30. The Morgan fingerprint density at radius 1 is 1.22 bits per heavy atom. The first-order chi connectivity index (χ1) is 8.69. The highest BCUT2D eigenvalue weighted by Gasteiger charge is 2.20. The van der Waals surface area contributed by atoms with Crippen LogP contribution in [0, 0.1) is 0 Å². The first-order valence-corrected chi connectivity index (χ1v) is 5.85. The number of carbonyl (C=O) groups is 1. The standard InChI is InChI=1S/C14H20O4/c1-10(7-8-15)13-12(17-3)6-5-11(9-16-2)14(13)18-4/h5-6,8,10H,7,9H2,1-4H3.